The molecule has 0 radical (unpaired) electrons. The number of amides is 1. The molecule has 0 aliphatic heterocycles. The Morgan fingerprint density at radius 2 is 1.77 bits per heavy atom. The van der Waals surface area contributed by atoms with Crippen molar-refractivity contribution in [3.8, 4) is 0 Å². The first kappa shape index (κ1) is 17.5. The molecule has 3 aromatic rings. The van der Waals surface area contributed by atoms with Gasteiger partial charge >= 0.3 is 0 Å². The molecule has 3 rings (SSSR count). The van der Waals surface area contributed by atoms with E-state index in [0.717, 1.165) is 16.8 Å². The van der Waals surface area contributed by atoms with Crippen LogP contribution in [0, 0.1) is 19.7 Å². The third kappa shape index (κ3) is 4.03. The van der Waals surface area contributed by atoms with Crippen LogP contribution in [0.4, 0.5) is 16.0 Å². The molecule has 2 aromatic carbocycles. The fourth-order valence-electron chi connectivity index (χ4n) is 2.58. The number of aryl methyl sites for hydroxylation is 2. The van der Waals surface area contributed by atoms with Crippen molar-refractivity contribution in [3.63, 3.8) is 0 Å². The first-order chi connectivity index (χ1) is 12.5. The summed E-state index contributed by atoms with van der Waals surface area (Å²) in [7, 11) is 0. The summed E-state index contributed by atoms with van der Waals surface area (Å²) in [6, 6.07) is 13.8. The molecule has 26 heavy (non-hydrogen) atoms. The van der Waals surface area contributed by atoms with E-state index < -0.39 is 0 Å². The third-order valence-corrected chi connectivity index (χ3v) is 4.00. The first-order valence-corrected chi connectivity index (χ1v) is 8.22. The fraction of sp³-hybridized carbons (Fsp3) is 0.150. The van der Waals surface area contributed by atoms with Crippen LogP contribution in [0.15, 0.2) is 54.7 Å². The highest BCUT2D eigenvalue weighted by Crippen LogP contribution is 2.22. The standard InChI is InChI=1S/C20H19FN4O/c1-13-6-5-7-14(2)18(13)25-20-22-11-10-17(24-20)19(26)23-12-15-8-3-4-9-16(15)21/h3-11H,12H2,1-2H3,(H,23,26)(H,22,24,25). The largest absolute Gasteiger partial charge is 0.347 e. The summed E-state index contributed by atoms with van der Waals surface area (Å²) in [6.07, 6.45) is 1.51. The Morgan fingerprint density at radius 3 is 2.50 bits per heavy atom. The highest BCUT2D eigenvalue weighted by atomic mass is 19.1. The molecular weight excluding hydrogens is 331 g/mol. The Hall–Kier alpha value is -3.28. The minimum atomic E-state index is -0.389. The Bertz CT molecular complexity index is 922. The van der Waals surface area contributed by atoms with Crippen molar-refractivity contribution in [1.82, 2.24) is 15.3 Å². The predicted octanol–water partition coefficient (Wildman–Crippen LogP) is 3.91. The number of aromatic nitrogens is 2. The van der Waals surface area contributed by atoms with Crippen LogP contribution in [0.1, 0.15) is 27.2 Å². The topological polar surface area (TPSA) is 66.9 Å². The van der Waals surface area contributed by atoms with Gasteiger partial charge in [-0.3, -0.25) is 4.79 Å². The molecule has 0 unspecified atom stereocenters. The van der Waals surface area contributed by atoms with E-state index in [9.17, 15) is 9.18 Å². The number of carbonyl (C=O) groups is 1. The van der Waals surface area contributed by atoms with Crippen molar-refractivity contribution in [2.75, 3.05) is 5.32 Å². The molecule has 0 fully saturated rings. The summed E-state index contributed by atoms with van der Waals surface area (Å²) in [4.78, 5) is 20.7. The van der Waals surface area contributed by atoms with Crippen molar-refractivity contribution >= 4 is 17.5 Å². The molecule has 5 nitrogen and oxygen atoms in total. The van der Waals surface area contributed by atoms with Gasteiger partial charge in [0, 0.05) is 24.0 Å². The van der Waals surface area contributed by atoms with Crippen LogP contribution in [0.3, 0.4) is 0 Å². The molecule has 132 valence electrons. The van der Waals surface area contributed by atoms with Crippen molar-refractivity contribution < 1.29 is 9.18 Å². The van der Waals surface area contributed by atoms with E-state index in [2.05, 4.69) is 20.6 Å². The second-order valence-electron chi connectivity index (χ2n) is 5.93. The monoisotopic (exact) mass is 350 g/mol. The molecule has 0 bridgehead atoms. The highest BCUT2D eigenvalue weighted by Gasteiger charge is 2.11. The van der Waals surface area contributed by atoms with Crippen LogP contribution in [-0.4, -0.2) is 15.9 Å². The molecule has 0 saturated carbocycles. The zero-order chi connectivity index (χ0) is 18.5. The molecule has 0 saturated heterocycles. The number of anilines is 2. The summed E-state index contributed by atoms with van der Waals surface area (Å²) >= 11 is 0. The lowest BCUT2D eigenvalue weighted by Crippen LogP contribution is -2.24. The van der Waals surface area contributed by atoms with Crippen LogP contribution >= 0.6 is 0 Å². The van der Waals surface area contributed by atoms with E-state index in [1.807, 2.05) is 32.0 Å². The molecule has 0 aliphatic carbocycles. The van der Waals surface area contributed by atoms with Gasteiger partial charge in [0.05, 0.1) is 0 Å². The maximum Gasteiger partial charge on any atom is 0.270 e. The lowest BCUT2D eigenvalue weighted by atomic mass is 10.1. The van der Waals surface area contributed by atoms with E-state index in [-0.39, 0.29) is 24.0 Å². The number of carbonyl (C=O) groups excluding carboxylic acids is 1. The Labute approximate surface area is 151 Å². The number of hydrogen-bond acceptors (Lipinski definition) is 4. The van der Waals surface area contributed by atoms with E-state index in [1.54, 1.807) is 18.2 Å². The number of hydrogen-bond donors (Lipinski definition) is 2. The molecule has 1 heterocycles. The predicted molar refractivity (Wildman–Crippen MR) is 98.8 cm³/mol. The molecular formula is C20H19FN4O. The molecule has 0 spiro atoms. The van der Waals surface area contributed by atoms with Gasteiger partial charge in [0.2, 0.25) is 5.95 Å². The van der Waals surface area contributed by atoms with Crippen molar-refractivity contribution in [2.45, 2.75) is 20.4 Å². The number of rotatable bonds is 5. The Morgan fingerprint density at radius 1 is 1.04 bits per heavy atom. The summed E-state index contributed by atoms with van der Waals surface area (Å²) in [5.41, 5.74) is 3.66. The zero-order valence-electron chi connectivity index (χ0n) is 14.6. The second kappa shape index (κ2) is 7.74. The van der Waals surface area contributed by atoms with E-state index in [4.69, 9.17) is 0 Å². The van der Waals surface area contributed by atoms with Crippen molar-refractivity contribution in [3.05, 3.63) is 82.9 Å². The van der Waals surface area contributed by atoms with Gasteiger partial charge in [-0.2, -0.15) is 0 Å². The molecule has 6 heteroatoms. The van der Waals surface area contributed by atoms with E-state index in [0.29, 0.717) is 11.5 Å². The number of halogens is 1. The minimum absolute atomic E-state index is 0.0924. The van der Waals surface area contributed by atoms with Gasteiger partial charge < -0.3 is 10.6 Å². The van der Waals surface area contributed by atoms with Gasteiger partial charge in [-0.1, -0.05) is 36.4 Å². The third-order valence-electron chi connectivity index (χ3n) is 4.00. The number of nitrogens with zero attached hydrogens (tertiary/aromatic N) is 2. The summed E-state index contributed by atoms with van der Waals surface area (Å²) in [5.74, 6) is -0.408. The zero-order valence-corrected chi connectivity index (χ0v) is 14.6. The van der Waals surface area contributed by atoms with Crippen LogP contribution in [0.2, 0.25) is 0 Å². The quantitative estimate of drug-likeness (QED) is 0.732. The average Bonchev–Trinajstić information content (AvgIpc) is 2.64. The van der Waals surface area contributed by atoms with Gasteiger partial charge in [0.1, 0.15) is 11.5 Å². The van der Waals surface area contributed by atoms with Crippen molar-refractivity contribution in [1.29, 1.82) is 0 Å². The molecule has 1 aromatic heterocycles. The summed E-state index contributed by atoms with van der Waals surface area (Å²) < 4.78 is 13.6. The van der Waals surface area contributed by atoms with E-state index in [1.165, 1.54) is 18.3 Å². The maximum absolute atomic E-state index is 13.6. The number of nitrogens with one attached hydrogen (secondary N) is 2. The molecule has 1 amide bonds. The molecule has 2 N–H and O–H groups in total. The Kier molecular flexibility index (Phi) is 5.22. The SMILES string of the molecule is Cc1cccc(C)c1Nc1nccc(C(=O)NCc2ccccc2F)n1. The molecule has 0 aliphatic rings. The fourth-order valence-corrected chi connectivity index (χ4v) is 2.58. The Balaban J connectivity index is 1.72. The minimum Gasteiger partial charge on any atom is -0.347 e. The van der Waals surface area contributed by atoms with Gasteiger partial charge in [-0.25, -0.2) is 14.4 Å². The smallest absolute Gasteiger partial charge is 0.270 e. The van der Waals surface area contributed by atoms with Crippen LogP contribution in [0.25, 0.3) is 0 Å². The van der Waals surface area contributed by atoms with Gasteiger partial charge in [-0.15, -0.1) is 0 Å². The maximum atomic E-state index is 13.6. The van der Waals surface area contributed by atoms with Crippen LogP contribution < -0.4 is 10.6 Å². The second-order valence-corrected chi connectivity index (χ2v) is 5.93. The van der Waals surface area contributed by atoms with Crippen LogP contribution in [-0.2, 0) is 6.54 Å². The van der Waals surface area contributed by atoms with Gasteiger partial charge in [0.25, 0.3) is 5.91 Å². The van der Waals surface area contributed by atoms with Crippen molar-refractivity contribution in [2.24, 2.45) is 0 Å². The highest BCUT2D eigenvalue weighted by molar-refractivity contribution is 5.92. The van der Waals surface area contributed by atoms with Gasteiger partial charge in [-0.05, 0) is 37.1 Å². The average molecular weight is 350 g/mol. The van der Waals surface area contributed by atoms with E-state index >= 15 is 0 Å². The number of benzene rings is 2. The normalized spacial score (nSPS) is 10.4. The molecule has 0 atom stereocenters. The number of para-hydroxylation sites is 1. The summed E-state index contributed by atoms with van der Waals surface area (Å²) in [6.45, 7) is 4.07. The van der Waals surface area contributed by atoms with Gasteiger partial charge in [0.15, 0.2) is 0 Å². The summed E-state index contributed by atoms with van der Waals surface area (Å²) in [5, 5.41) is 5.83. The lowest BCUT2D eigenvalue weighted by molar-refractivity contribution is 0.0945. The first-order valence-electron chi connectivity index (χ1n) is 8.22. The van der Waals surface area contributed by atoms with Crippen LogP contribution in [0.5, 0.6) is 0 Å². The lowest BCUT2D eigenvalue weighted by Gasteiger charge is -2.12.